The van der Waals surface area contributed by atoms with Gasteiger partial charge in [0.1, 0.15) is 0 Å². The van der Waals surface area contributed by atoms with E-state index in [0.717, 1.165) is 37.3 Å². The van der Waals surface area contributed by atoms with Gasteiger partial charge in [-0.3, -0.25) is 15.0 Å². The summed E-state index contributed by atoms with van der Waals surface area (Å²) in [5.41, 5.74) is 3.59. The van der Waals surface area contributed by atoms with Crippen molar-refractivity contribution >= 4 is 32.4 Å². The molecule has 0 saturated carbocycles. The van der Waals surface area contributed by atoms with Gasteiger partial charge in [0, 0.05) is 50.1 Å². The number of benzene rings is 3. The van der Waals surface area contributed by atoms with Crippen LogP contribution in [0.4, 0.5) is 5.13 Å². The van der Waals surface area contributed by atoms with E-state index in [1.165, 1.54) is 50.3 Å². The zero-order chi connectivity index (χ0) is 25.8. The number of anilines is 1. The van der Waals surface area contributed by atoms with Crippen LogP contribution in [0.1, 0.15) is 32.1 Å². The van der Waals surface area contributed by atoms with Crippen LogP contribution in [0, 0.1) is 0 Å². The summed E-state index contributed by atoms with van der Waals surface area (Å²) in [7, 11) is -2.13. The fourth-order valence-electron chi connectivity index (χ4n) is 4.33. The first-order chi connectivity index (χ1) is 17.9. The van der Waals surface area contributed by atoms with Gasteiger partial charge in [0.25, 0.3) is 5.91 Å². The number of hydrogen-bond donors (Lipinski definition) is 1. The van der Waals surface area contributed by atoms with Crippen LogP contribution in [-0.2, 0) is 36.1 Å². The first-order valence-corrected chi connectivity index (χ1v) is 14.3. The second-order valence-electron chi connectivity index (χ2n) is 9.06. The lowest BCUT2D eigenvalue weighted by molar-refractivity contribution is 0.102. The molecule has 5 rings (SSSR count). The summed E-state index contributed by atoms with van der Waals surface area (Å²) in [6.07, 6.45) is 0.845. The molecular weight excluding hydrogens is 504 g/mol. The van der Waals surface area contributed by atoms with E-state index in [1.807, 2.05) is 36.4 Å². The number of thiazole rings is 1. The number of aromatic nitrogens is 1. The molecule has 0 atom stereocenters. The number of rotatable bonds is 8. The van der Waals surface area contributed by atoms with Crippen LogP contribution in [0.25, 0.3) is 0 Å². The molecule has 3 aromatic carbocycles. The van der Waals surface area contributed by atoms with E-state index in [2.05, 4.69) is 39.5 Å². The Kier molecular flexibility index (Phi) is 7.48. The lowest BCUT2D eigenvalue weighted by Crippen LogP contribution is -2.29. The number of hydrogen-bond acceptors (Lipinski definition) is 6. The van der Waals surface area contributed by atoms with Gasteiger partial charge >= 0.3 is 0 Å². The molecule has 37 heavy (non-hydrogen) atoms. The van der Waals surface area contributed by atoms with E-state index in [4.69, 9.17) is 0 Å². The molecule has 0 saturated heterocycles. The van der Waals surface area contributed by atoms with Crippen LogP contribution in [0.2, 0.25) is 0 Å². The average Bonchev–Trinajstić information content (AvgIpc) is 3.31. The number of nitrogens with zero attached hydrogens (tertiary/aromatic N) is 3. The van der Waals surface area contributed by atoms with Gasteiger partial charge in [0.15, 0.2) is 5.13 Å². The van der Waals surface area contributed by atoms with Crippen molar-refractivity contribution < 1.29 is 13.2 Å². The fraction of sp³-hybridized carbons (Fsp3) is 0.214. The highest BCUT2D eigenvalue weighted by Crippen LogP contribution is 2.29. The first kappa shape index (κ1) is 25.3. The maximum absolute atomic E-state index is 13.0. The number of carbonyl (C=O) groups excluding carboxylic acids is 1. The topological polar surface area (TPSA) is 82.6 Å². The molecule has 7 nitrogen and oxygen atoms in total. The van der Waals surface area contributed by atoms with E-state index in [9.17, 15) is 13.2 Å². The minimum absolute atomic E-state index is 0.144. The monoisotopic (exact) mass is 532 g/mol. The number of nitrogens with one attached hydrogen (secondary N) is 1. The zero-order valence-electron chi connectivity index (χ0n) is 20.5. The third-order valence-electron chi connectivity index (χ3n) is 6.35. The van der Waals surface area contributed by atoms with Crippen molar-refractivity contribution in [2.45, 2.75) is 31.0 Å². The highest BCUT2D eigenvalue weighted by molar-refractivity contribution is 7.89. The highest BCUT2D eigenvalue weighted by Gasteiger charge is 2.23. The van der Waals surface area contributed by atoms with Gasteiger partial charge in [0.05, 0.1) is 10.6 Å². The van der Waals surface area contributed by atoms with E-state index < -0.39 is 10.0 Å². The van der Waals surface area contributed by atoms with Gasteiger partial charge in [0.2, 0.25) is 10.0 Å². The average molecular weight is 533 g/mol. The maximum Gasteiger partial charge on any atom is 0.257 e. The van der Waals surface area contributed by atoms with Gasteiger partial charge in [-0.1, -0.05) is 60.7 Å². The van der Waals surface area contributed by atoms with Crippen LogP contribution in [0.3, 0.4) is 0 Å². The highest BCUT2D eigenvalue weighted by atomic mass is 32.2. The largest absolute Gasteiger partial charge is 0.298 e. The van der Waals surface area contributed by atoms with Gasteiger partial charge < -0.3 is 0 Å². The van der Waals surface area contributed by atoms with Crippen LogP contribution in [0.15, 0.2) is 89.8 Å². The quantitative estimate of drug-likeness (QED) is 0.353. The molecule has 1 aliphatic rings. The van der Waals surface area contributed by atoms with Crippen LogP contribution >= 0.6 is 11.3 Å². The predicted octanol–water partition coefficient (Wildman–Crippen LogP) is 4.77. The van der Waals surface area contributed by atoms with Crippen LogP contribution < -0.4 is 5.32 Å². The number of sulfonamides is 1. The van der Waals surface area contributed by atoms with E-state index >= 15 is 0 Å². The Balaban J connectivity index is 1.21. The number of amides is 1. The molecule has 1 aromatic heterocycles. The first-order valence-electron chi connectivity index (χ1n) is 12.0. The zero-order valence-corrected chi connectivity index (χ0v) is 22.1. The molecule has 0 aliphatic carbocycles. The van der Waals surface area contributed by atoms with E-state index in [1.54, 1.807) is 7.05 Å². The van der Waals surface area contributed by atoms with Crippen molar-refractivity contribution in [3.63, 3.8) is 0 Å². The van der Waals surface area contributed by atoms with E-state index in [-0.39, 0.29) is 17.3 Å². The minimum Gasteiger partial charge on any atom is -0.298 e. The van der Waals surface area contributed by atoms with Crippen LogP contribution in [-0.4, -0.2) is 42.1 Å². The molecule has 0 bridgehead atoms. The van der Waals surface area contributed by atoms with Crippen molar-refractivity contribution in [1.82, 2.24) is 14.2 Å². The second kappa shape index (κ2) is 10.9. The third kappa shape index (κ3) is 5.97. The Bertz CT molecular complexity index is 1470. The lowest BCUT2D eigenvalue weighted by atomic mass is 10.1. The maximum atomic E-state index is 13.0. The van der Waals surface area contributed by atoms with Crippen molar-refractivity contribution in [1.29, 1.82) is 0 Å². The molecule has 4 aromatic rings. The Morgan fingerprint density at radius 1 is 0.973 bits per heavy atom. The normalized spacial score (nSPS) is 13.9. The van der Waals surface area contributed by atoms with Crippen molar-refractivity contribution in [2.75, 3.05) is 18.9 Å². The molecule has 0 unspecified atom stereocenters. The van der Waals surface area contributed by atoms with Gasteiger partial charge in [-0.05, 0) is 35.4 Å². The third-order valence-corrected chi connectivity index (χ3v) is 9.17. The smallest absolute Gasteiger partial charge is 0.257 e. The fourth-order valence-corrected chi connectivity index (χ4v) is 6.54. The summed E-state index contributed by atoms with van der Waals surface area (Å²) >= 11 is 1.50. The Morgan fingerprint density at radius 2 is 1.62 bits per heavy atom. The van der Waals surface area contributed by atoms with Crippen molar-refractivity contribution in [3.05, 3.63) is 112 Å². The molecule has 0 spiro atoms. The summed E-state index contributed by atoms with van der Waals surface area (Å²) in [5, 5.41) is 3.45. The lowest BCUT2D eigenvalue weighted by Gasteiger charge is -2.25. The molecule has 190 valence electrons. The molecular formula is C28H28N4O3S2. The molecule has 1 amide bonds. The summed E-state index contributed by atoms with van der Waals surface area (Å²) in [6, 6.07) is 25.8. The molecule has 9 heteroatoms. The Hall–Kier alpha value is -3.37. The van der Waals surface area contributed by atoms with Gasteiger partial charge in [-0.2, -0.15) is 4.31 Å². The minimum atomic E-state index is -3.68. The van der Waals surface area contributed by atoms with Gasteiger partial charge in [-0.25, -0.2) is 13.4 Å². The van der Waals surface area contributed by atoms with Gasteiger partial charge in [-0.15, -0.1) is 11.3 Å². The van der Waals surface area contributed by atoms with Crippen LogP contribution in [0.5, 0.6) is 0 Å². The summed E-state index contributed by atoms with van der Waals surface area (Å²) < 4.78 is 27.3. The second-order valence-corrected chi connectivity index (χ2v) is 12.2. The SMILES string of the molecule is CN(Cc1ccccc1)S(=O)(=O)c1ccc(C(=O)Nc2nc3c(s2)CN(Cc2ccccc2)CC3)cc1. The molecule has 2 heterocycles. The molecule has 0 radical (unpaired) electrons. The van der Waals surface area contributed by atoms with E-state index in [0.29, 0.717) is 10.7 Å². The summed E-state index contributed by atoms with van der Waals surface area (Å²) in [5.74, 6) is -0.311. The summed E-state index contributed by atoms with van der Waals surface area (Å²) in [6.45, 7) is 2.88. The number of fused-ring (bicyclic) bond motifs is 1. The molecule has 1 N–H and O–H groups in total. The molecule has 0 fully saturated rings. The molecule has 1 aliphatic heterocycles. The Morgan fingerprint density at radius 3 is 2.30 bits per heavy atom. The summed E-state index contributed by atoms with van der Waals surface area (Å²) in [4.78, 5) is 21.2. The standard InChI is InChI=1S/C28H28N4O3S2/c1-31(18-21-8-4-2-5-9-21)37(34,35)24-14-12-23(13-15-24)27(33)30-28-29-25-16-17-32(20-26(25)36-28)19-22-10-6-3-7-11-22/h2-15H,16-20H2,1H3,(H,29,30,33). The Labute approximate surface area is 221 Å². The predicted molar refractivity (Wildman–Crippen MR) is 146 cm³/mol. The van der Waals surface area contributed by atoms with Crippen molar-refractivity contribution in [2.24, 2.45) is 0 Å². The number of carbonyl (C=O) groups is 1. The van der Waals surface area contributed by atoms with Crippen molar-refractivity contribution in [3.8, 4) is 0 Å².